The van der Waals surface area contributed by atoms with Crippen molar-refractivity contribution in [3.63, 3.8) is 0 Å². The fourth-order valence-corrected chi connectivity index (χ4v) is 1.42. The zero-order valence-corrected chi connectivity index (χ0v) is 7.17. The topological polar surface area (TPSA) is 12.9 Å². The molecule has 1 nitrogen and oxygen atoms in total. The van der Waals surface area contributed by atoms with Crippen LogP contribution in [0.1, 0.15) is 5.56 Å². The summed E-state index contributed by atoms with van der Waals surface area (Å²) >= 11 is 5.88. The van der Waals surface area contributed by atoms with Crippen molar-refractivity contribution in [2.75, 3.05) is 0 Å². The summed E-state index contributed by atoms with van der Waals surface area (Å²) in [7, 11) is 0. The highest BCUT2D eigenvalue weighted by molar-refractivity contribution is 6.34. The highest BCUT2D eigenvalue weighted by Gasteiger charge is 1.97. The van der Waals surface area contributed by atoms with Crippen molar-refractivity contribution in [2.45, 2.75) is 0 Å². The maximum atomic E-state index is 5.88. The van der Waals surface area contributed by atoms with Gasteiger partial charge in [-0.25, -0.2) is 4.98 Å². The number of aromatic nitrogens is 1. The molecule has 59 valence electrons. The second-order valence-electron chi connectivity index (χ2n) is 2.66. The molecule has 0 amide bonds. The first kappa shape index (κ1) is 7.56. The molecule has 0 spiro atoms. The Morgan fingerprint density at radius 2 is 2.08 bits per heavy atom. The van der Waals surface area contributed by atoms with E-state index in [-0.39, 0.29) is 0 Å². The summed E-state index contributed by atoms with van der Waals surface area (Å²) in [5.41, 5.74) is 0.991. The van der Waals surface area contributed by atoms with Crippen LogP contribution in [0.25, 0.3) is 10.8 Å². The van der Waals surface area contributed by atoms with Crippen LogP contribution in [0.4, 0.5) is 0 Å². The van der Waals surface area contributed by atoms with Gasteiger partial charge in [-0.2, -0.15) is 0 Å². The summed E-state index contributed by atoms with van der Waals surface area (Å²) in [5.74, 6) is 0. The fraction of sp³-hybridized carbons (Fsp3) is 0. The maximum Gasteiger partial charge on any atom is 0.136 e. The molecule has 1 radical (unpaired) electrons. The summed E-state index contributed by atoms with van der Waals surface area (Å²) in [6.45, 7) is 3.84. The maximum absolute atomic E-state index is 5.88. The minimum absolute atomic E-state index is 0.549. The predicted octanol–water partition coefficient (Wildman–Crippen LogP) is 3.07. The van der Waals surface area contributed by atoms with Crippen molar-refractivity contribution in [3.8, 4) is 0 Å². The minimum atomic E-state index is 0.549. The number of pyridine rings is 1. The van der Waals surface area contributed by atoms with E-state index in [0.717, 1.165) is 16.3 Å². The highest BCUT2D eigenvalue weighted by Crippen LogP contribution is 2.21. The van der Waals surface area contributed by atoms with Gasteiger partial charge in [0.15, 0.2) is 0 Å². The van der Waals surface area contributed by atoms with Gasteiger partial charge in [0.25, 0.3) is 0 Å². The molecule has 12 heavy (non-hydrogen) atoms. The van der Waals surface area contributed by atoms with Gasteiger partial charge in [0.2, 0.25) is 0 Å². The van der Waals surface area contributed by atoms with Gasteiger partial charge in [-0.1, -0.05) is 29.8 Å². The first-order valence-electron chi connectivity index (χ1n) is 3.63. The Morgan fingerprint density at radius 1 is 1.25 bits per heavy atom. The third kappa shape index (κ3) is 1.16. The Labute approximate surface area is 76.0 Å². The number of halogens is 1. The summed E-state index contributed by atoms with van der Waals surface area (Å²) in [6, 6.07) is 7.78. The number of benzene rings is 1. The molecule has 0 saturated carbocycles. The van der Waals surface area contributed by atoms with Crippen LogP contribution in [0.3, 0.4) is 0 Å². The monoisotopic (exact) mass is 176 g/mol. The van der Waals surface area contributed by atoms with E-state index in [4.69, 9.17) is 11.6 Å². The molecule has 0 aliphatic rings. The van der Waals surface area contributed by atoms with Crippen LogP contribution < -0.4 is 0 Å². The average Bonchev–Trinajstić information content (AvgIpc) is 2.04. The van der Waals surface area contributed by atoms with Crippen molar-refractivity contribution in [1.82, 2.24) is 4.98 Å². The highest BCUT2D eigenvalue weighted by atomic mass is 35.5. The van der Waals surface area contributed by atoms with Crippen LogP contribution >= 0.6 is 11.6 Å². The Hall–Kier alpha value is -1.08. The largest absolute Gasteiger partial charge is 0.244 e. The van der Waals surface area contributed by atoms with E-state index >= 15 is 0 Å². The number of hydrogen-bond acceptors (Lipinski definition) is 1. The molecule has 0 aliphatic carbocycles. The van der Waals surface area contributed by atoms with Crippen molar-refractivity contribution in [2.24, 2.45) is 0 Å². The minimum Gasteiger partial charge on any atom is -0.244 e. The van der Waals surface area contributed by atoms with Crippen LogP contribution in [0.2, 0.25) is 5.15 Å². The van der Waals surface area contributed by atoms with Gasteiger partial charge < -0.3 is 0 Å². The van der Waals surface area contributed by atoms with Crippen LogP contribution in [0.5, 0.6) is 0 Å². The molecule has 1 aromatic heterocycles. The van der Waals surface area contributed by atoms with Crippen molar-refractivity contribution >= 4 is 22.4 Å². The molecule has 0 N–H and O–H groups in total. The van der Waals surface area contributed by atoms with Gasteiger partial charge in [-0.3, -0.25) is 0 Å². The fourth-order valence-electron chi connectivity index (χ4n) is 1.19. The summed E-state index contributed by atoms with van der Waals surface area (Å²) in [5, 5.41) is 2.61. The van der Waals surface area contributed by atoms with Crippen LogP contribution in [0, 0.1) is 6.92 Å². The lowest BCUT2D eigenvalue weighted by Crippen LogP contribution is -1.79. The van der Waals surface area contributed by atoms with Gasteiger partial charge in [-0.05, 0) is 23.9 Å². The standard InChI is InChI=1S/C10H7ClN/c1-7-2-3-9-8(6-7)4-5-12-10(9)11/h2-6H,1H2. The molecular formula is C10H7ClN. The molecule has 0 fully saturated rings. The summed E-state index contributed by atoms with van der Waals surface area (Å²) in [6.07, 6.45) is 1.70. The second kappa shape index (κ2) is 2.76. The molecule has 2 heteroatoms. The van der Waals surface area contributed by atoms with Crippen molar-refractivity contribution in [1.29, 1.82) is 0 Å². The lowest BCUT2D eigenvalue weighted by molar-refractivity contribution is 1.36. The average molecular weight is 177 g/mol. The van der Waals surface area contributed by atoms with E-state index in [1.165, 1.54) is 0 Å². The molecule has 1 heterocycles. The summed E-state index contributed by atoms with van der Waals surface area (Å²) < 4.78 is 0. The van der Waals surface area contributed by atoms with E-state index in [1.807, 2.05) is 24.3 Å². The first-order chi connectivity index (χ1) is 5.77. The second-order valence-corrected chi connectivity index (χ2v) is 3.02. The van der Waals surface area contributed by atoms with Crippen molar-refractivity contribution < 1.29 is 0 Å². The van der Waals surface area contributed by atoms with E-state index < -0.39 is 0 Å². The third-order valence-electron chi connectivity index (χ3n) is 1.78. The zero-order valence-electron chi connectivity index (χ0n) is 6.42. The van der Waals surface area contributed by atoms with Gasteiger partial charge in [0.05, 0.1) is 0 Å². The van der Waals surface area contributed by atoms with E-state index in [9.17, 15) is 0 Å². The Morgan fingerprint density at radius 3 is 2.92 bits per heavy atom. The molecule has 0 saturated heterocycles. The molecule has 2 rings (SSSR count). The molecule has 0 unspecified atom stereocenters. The first-order valence-corrected chi connectivity index (χ1v) is 4.01. The Balaban J connectivity index is 2.86. The molecular weight excluding hydrogens is 170 g/mol. The SMILES string of the molecule is [CH2]c1ccc2c(Cl)nccc2c1. The molecule has 2 aromatic rings. The van der Waals surface area contributed by atoms with Gasteiger partial charge >= 0.3 is 0 Å². The third-order valence-corrected chi connectivity index (χ3v) is 2.08. The smallest absolute Gasteiger partial charge is 0.136 e. The molecule has 1 aromatic carbocycles. The normalized spacial score (nSPS) is 10.5. The number of hydrogen-bond donors (Lipinski definition) is 0. The lowest BCUT2D eigenvalue weighted by Gasteiger charge is -1.99. The van der Waals surface area contributed by atoms with Gasteiger partial charge in [-0.15, -0.1) is 0 Å². The van der Waals surface area contributed by atoms with Gasteiger partial charge in [0, 0.05) is 11.6 Å². The quantitative estimate of drug-likeness (QED) is 0.563. The Bertz CT molecular complexity index is 423. The number of rotatable bonds is 0. The Kier molecular flexibility index (Phi) is 1.74. The van der Waals surface area contributed by atoms with Crippen LogP contribution in [-0.4, -0.2) is 4.98 Å². The zero-order chi connectivity index (χ0) is 8.55. The van der Waals surface area contributed by atoms with E-state index in [0.29, 0.717) is 5.15 Å². The molecule has 0 atom stereocenters. The summed E-state index contributed by atoms with van der Waals surface area (Å²) in [4.78, 5) is 3.98. The lowest BCUT2D eigenvalue weighted by atomic mass is 10.1. The molecule has 0 bridgehead atoms. The van der Waals surface area contributed by atoms with E-state index in [2.05, 4.69) is 11.9 Å². The van der Waals surface area contributed by atoms with E-state index in [1.54, 1.807) is 6.20 Å². The number of fused-ring (bicyclic) bond motifs is 1. The van der Waals surface area contributed by atoms with Crippen molar-refractivity contribution in [3.05, 3.63) is 48.1 Å². The van der Waals surface area contributed by atoms with Crippen LogP contribution in [-0.2, 0) is 0 Å². The predicted molar refractivity (Wildman–Crippen MR) is 51.2 cm³/mol. The van der Waals surface area contributed by atoms with Crippen LogP contribution in [0.15, 0.2) is 30.5 Å². The van der Waals surface area contributed by atoms with Gasteiger partial charge in [0.1, 0.15) is 5.15 Å². The number of nitrogens with zero attached hydrogens (tertiary/aromatic N) is 1. The molecule has 0 aliphatic heterocycles.